The van der Waals surface area contributed by atoms with Crippen molar-refractivity contribution < 1.29 is 0 Å². The highest BCUT2D eigenvalue weighted by molar-refractivity contribution is 7.18. The van der Waals surface area contributed by atoms with Gasteiger partial charge in [0, 0.05) is 0 Å². The Morgan fingerprint density at radius 1 is 1.45 bits per heavy atom. The third-order valence-corrected chi connectivity index (χ3v) is 3.10. The Morgan fingerprint density at radius 2 is 2.36 bits per heavy atom. The average Bonchev–Trinajstić information content (AvgIpc) is 2.55. The lowest BCUT2D eigenvalue weighted by Crippen LogP contribution is -1.71. The van der Waals surface area contributed by atoms with Crippen molar-refractivity contribution in [2.75, 3.05) is 0 Å². The van der Waals surface area contributed by atoms with Crippen LogP contribution in [0.4, 0.5) is 0 Å². The van der Waals surface area contributed by atoms with E-state index in [-0.39, 0.29) is 0 Å². The molecule has 0 fully saturated rings. The van der Waals surface area contributed by atoms with Crippen LogP contribution in [0.25, 0.3) is 9.88 Å². The Morgan fingerprint density at radius 3 is 2.91 bits per heavy atom. The Kier molecular flexibility index (Phi) is 1.71. The molecule has 11 heavy (non-hydrogen) atoms. The second kappa shape index (κ2) is 2.71. The van der Waals surface area contributed by atoms with Crippen molar-refractivity contribution in [1.29, 1.82) is 0 Å². The number of thiophene rings is 1. The first-order valence-electron chi connectivity index (χ1n) is 3.20. The molecule has 0 aliphatic rings. The first kappa shape index (κ1) is 6.94. The number of aryl methyl sites for hydroxylation is 1. The molecule has 0 amide bonds. The highest BCUT2D eigenvalue weighted by atomic mass is 32.1. The predicted octanol–water partition coefficient (Wildman–Crippen LogP) is 2.58. The lowest BCUT2D eigenvalue weighted by molar-refractivity contribution is 1.17. The molecule has 2 aromatic heterocycles. The summed E-state index contributed by atoms with van der Waals surface area (Å²) in [5, 5.41) is 3.07. The molecular weight excluding hydrogens is 176 g/mol. The Balaban J connectivity index is 2.45. The molecule has 0 atom stereocenters. The normalized spacial score (nSPS) is 10.3. The van der Waals surface area contributed by atoms with Gasteiger partial charge in [-0.25, -0.2) is 4.98 Å². The topological polar surface area (TPSA) is 25.8 Å². The van der Waals surface area contributed by atoms with Gasteiger partial charge in [-0.3, -0.25) is 0 Å². The SMILES string of the molecule is Cc1nsc(-c2cccs2)n1. The summed E-state index contributed by atoms with van der Waals surface area (Å²) < 4.78 is 4.11. The average molecular weight is 182 g/mol. The van der Waals surface area contributed by atoms with Crippen molar-refractivity contribution in [2.45, 2.75) is 6.92 Å². The van der Waals surface area contributed by atoms with Crippen LogP contribution in [0.15, 0.2) is 17.5 Å². The van der Waals surface area contributed by atoms with E-state index in [1.54, 1.807) is 11.3 Å². The van der Waals surface area contributed by atoms with Crippen molar-refractivity contribution in [2.24, 2.45) is 0 Å². The molecule has 0 unspecified atom stereocenters. The molecule has 0 N–H and O–H groups in total. The Hall–Kier alpha value is -0.740. The quantitative estimate of drug-likeness (QED) is 0.677. The molecule has 0 aromatic carbocycles. The molecule has 0 aliphatic heterocycles. The van der Waals surface area contributed by atoms with Crippen LogP contribution >= 0.6 is 22.9 Å². The minimum Gasteiger partial charge on any atom is -0.219 e. The molecule has 4 heteroatoms. The molecule has 0 saturated carbocycles. The highest BCUT2D eigenvalue weighted by Crippen LogP contribution is 2.25. The van der Waals surface area contributed by atoms with Gasteiger partial charge in [0.2, 0.25) is 0 Å². The minimum absolute atomic E-state index is 0.860. The van der Waals surface area contributed by atoms with Crippen LogP contribution in [0.1, 0.15) is 5.82 Å². The van der Waals surface area contributed by atoms with Crippen LogP contribution in [0.3, 0.4) is 0 Å². The molecule has 0 aliphatic carbocycles. The van der Waals surface area contributed by atoms with E-state index in [9.17, 15) is 0 Å². The van der Waals surface area contributed by atoms with Crippen molar-refractivity contribution in [3.63, 3.8) is 0 Å². The van der Waals surface area contributed by atoms with E-state index in [0.717, 1.165) is 10.8 Å². The minimum atomic E-state index is 0.860. The summed E-state index contributed by atoms with van der Waals surface area (Å²) in [7, 11) is 0. The first-order chi connectivity index (χ1) is 5.36. The lowest BCUT2D eigenvalue weighted by atomic mass is 10.5. The van der Waals surface area contributed by atoms with E-state index in [1.165, 1.54) is 16.4 Å². The fourth-order valence-corrected chi connectivity index (χ4v) is 2.25. The van der Waals surface area contributed by atoms with Gasteiger partial charge in [0.15, 0.2) is 5.01 Å². The van der Waals surface area contributed by atoms with Gasteiger partial charge >= 0.3 is 0 Å². The van der Waals surface area contributed by atoms with E-state index in [2.05, 4.69) is 15.4 Å². The monoisotopic (exact) mass is 182 g/mol. The molecule has 2 heterocycles. The maximum atomic E-state index is 4.27. The summed E-state index contributed by atoms with van der Waals surface area (Å²) in [6.07, 6.45) is 0. The second-order valence-corrected chi connectivity index (χ2v) is 3.82. The second-order valence-electron chi connectivity index (χ2n) is 2.12. The number of rotatable bonds is 1. The maximum Gasteiger partial charge on any atom is 0.153 e. The fraction of sp³-hybridized carbons (Fsp3) is 0.143. The van der Waals surface area contributed by atoms with Crippen LogP contribution in [-0.4, -0.2) is 9.36 Å². The fourth-order valence-electron chi connectivity index (χ4n) is 0.797. The third kappa shape index (κ3) is 1.32. The van der Waals surface area contributed by atoms with E-state index >= 15 is 0 Å². The number of hydrogen-bond donors (Lipinski definition) is 0. The van der Waals surface area contributed by atoms with Crippen molar-refractivity contribution in [3.8, 4) is 9.88 Å². The van der Waals surface area contributed by atoms with Gasteiger partial charge in [-0.15, -0.1) is 11.3 Å². The van der Waals surface area contributed by atoms with E-state index in [1.807, 2.05) is 18.4 Å². The van der Waals surface area contributed by atoms with Gasteiger partial charge in [0.05, 0.1) is 4.88 Å². The van der Waals surface area contributed by atoms with Crippen molar-refractivity contribution >= 4 is 22.9 Å². The first-order valence-corrected chi connectivity index (χ1v) is 4.86. The third-order valence-electron chi connectivity index (χ3n) is 1.26. The smallest absolute Gasteiger partial charge is 0.153 e. The molecule has 0 radical (unpaired) electrons. The van der Waals surface area contributed by atoms with Gasteiger partial charge < -0.3 is 0 Å². The van der Waals surface area contributed by atoms with Gasteiger partial charge in [0.1, 0.15) is 5.82 Å². The zero-order valence-electron chi connectivity index (χ0n) is 5.94. The largest absolute Gasteiger partial charge is 0.219 e. The zero-order chi connectivity index (χ0) is 7.68. The molecule has 0 saturated heterocycles. The molecule has 56 valence electrons. The summed E-state index contributed by atoms with van der Waals surface area (Å²) in [5.74, 6) is 0.860. The molecule has 2 rings (SSSR count). The van der Waals surface area contributed by atoms with Crippen LogP contribution in [0, 0.1) is 6.92 Å². The summed E-state index contributed by atoms with van der Waals surface area (Å²) in [5.41, 5.74) is 0. The van der Waals surface area contributed by atoms with E-state index in [4.69, 9.17) is 0 Å². The van der Waals surface area contributed by atoms with Gasteiger partial charge in [0.25, 0.3) is 0 Å². The van der Waals surface area contributed by atoms with Gasteiger partial charge in [-0.05, 0) is 29.9 Å². The molecule has 0 bridgehead atoms. The van der Waals surface area contributed by atoms with Crippen LogP contribution < -0.4 is 0 Å². The summed E-state index contributed by atoms with van der Waals surface area (Å²) in [6, 6.07) is 4.08. The van der Waals surface area contributed by atoms with Gasteiger partial charge in [-0.1, -0.05) is 6.07 Å². The summed E-state index contributed by atoms with van der Waals surface area (Å²) in [4.78, 5) is 5.48. The molecule has 2 nitrogen and oxygen atoms in total. The highest BCUT2D eigenvalue weighted by Gasteiger charge is 2.02. The van der Waals surface area contributed by atoms with Crippen molar-refractivity contribution in [1.82, 2.24) is 9.36 Å². The van der Waals surface area contributed by atoms with E-state index < -0.39 is 0 Å². The summed E-state index contributed by atoms with van der Waals surface area (Å²) in [6.45, 7) is 1.91. The van der Waals surface area contributed by atoms with Crippen LogP contribution in [0.2, 0.25) is 0 Å². The standard InChI is InChI=1S/C7H6N2S2/c1-5-8-7(11-9-5)6-3-2-4-10-6/h2-4H,1H3. The molecule has 0 spiro atoms. The molecular formula is C7H6N2S2. The van der Waals surface area contributed by atoms with Gasteiger partial charge in [-0.2, -0.15) is 4.37 Å². The van der Waals surface area contributed by atoms with Crippen LogP contribution in [0.5, 0.6) is 0 Å². The summed E-state index contributed by atoms with van der Waals surface area (Å²) >= 11 is 3.15. The number of aromatic nitrogens is 2. The maximum absolute atomic E-state index is 4.27. The predicted molar refractivity (Wildman–Crippen MR) is 48.0 cm³/mol. The lowest BCUT2D eigenvalue weighted by Gasteiger charge is -1.82. The van der Waals surface area contributed by atoms with Crippen LogP contribution in [-0.2, 0) is 0 Å². The number of hydrogen-bond acceptors (Lipinski definition) is 4. The Labute approximate surface area is 72.7 Å². The van der Waals surface area contributed by atoms with Crippen molar-refractivity contribution in [3.05, 3.63) is 23.3 Å². The number of nitrogens with zero attached hydrogens (tertiary/aromatic N) is 2. The van der Waals surface area contributed by atoms with E-state index in [0.29, 0.717) is 0 Å². The zero-order valence-corrected chi connectivity index (χ0v) is 7.58. The Bertz CT molecular complexity index is 337. The molecule has 2 aromatic rings.